The summed E-state index contributed by atoms with van der Waals surface area (Å²) in [6.45, 7) is 5.82. The van der Waals surface area contributed by atoms with Crippen molar-refractivity contribution < 1.29 is 8.85 Å². The van der Waals surface area contributed by atoms with Crippen molar-refractivity contribution >= 4 is 30.5 Å². The van der Waals surface area contributed by atoms with Crippen molar-refractivity contribution in [2.75, 3.05) is 19.1 Å². The maximum Gasteiger partial charge on any atom is 0.407 e. The van der Waals surface area contributed by atoms with E-state index in [9.17, 15) is 0 Å². The Morgan fingerprint density at radius 3 is 1.71 bits per heavy atom. The summed E-state index contributed by atoms with van der Waals surface area (Å²) in [5.74, 6) is 1.24. The van der Waals surface area contributed by atoms with Gasteiger partial charge in [-0.15, -0.1) is 11.6 Å². The molecule has 0 unspecified atom stereocenters. The van der Waals surface area contributed by atoms with Crippen LogP contribution in [0.5, 0.6) is 0 Å². The standard InChI is InChI=1S/C24H35ClO2Si/c1-22(2)21-27-28(23-15-9-7-10-16-23,24-17-11-8-12-18-24)26-20-14-6-4-3-5-13-19-25/h7-12,15-18,22H,3-6,13-14,19-21H2,1-2H3. The lowest BCUT2D eigenvalue weighted by Crippen LogP contribution is -2.63. The predicted octanol–water partition coefficient (Wildman–Crippen LogP) is 5.51. The number of alkyl halides is 1. The molecule has 4 heteroatoms. The van der Waals surface area contributed by atoms with Crippen molar-refractivity contribution in [3.05, 3.63) is 60.7 Å². The number of hydrogen-bond acceptors (Lipinski definition) is 2. The summed E-state index contributed by atoms with van der Waals surface area (Å²) in [6.07, 6.45) is 7.13. The fraction of sp³-hybridized carbons (Fsp3) is 0.500. The minimum absolute atomic E-state index is 0.463. The summed E-state index contributed by atoms with van der Waals surface area (Å²) in [5, 5.41) is 2.37. The molecule has 2 aromatic carbocycles. The quantitative estimate of drug-likeness (QED) is 0.229. The zero-order valence-electron chi connectivity index (χ0n) is 17.4. The SMILES string of the molecule is CC(C)CO[Si](OCCCCCCCCCl)(c1ccccc1)c1ccccc1. The third kappa shape index (κ3) is 7.36. The van der Waals surface area contributed by atoms with Gasteiger partial charge < -0.3 is 8.85 Å². The largest absolute Gasteiger partial charge is 0.407 e. The Kier molecular flexibility index (Phi) is 10.9. The van der Waals surface area contributed by atoms with Crippen molar-refractivity contribution in [2.24, 2.45) is 5.92 Å². The van der Waals surface area contributed by atoms with Gasteiger partial charge >= 0.3 is 8.56 Å². The van der Waals surface area contributed by atoms with Crippen LogP contribution in [0.2, 0.25) is 0 Å². The van der Waals surface area contributed by atoms with Crippen LogP contribution in [-0.4, -0.2) is 27.7 Å². The monoisotopic (exact) mass is 418 g/mol. The van der Waals surface area contributed by atoms with Crippen LogP contribution in [0.3, 0.4) is 0 Å². The van der Waals surface area contributed by atoms with Gasteiger partial charge in [-0.25, -0.2) is 0 Å². The van der Waals surface area contributed by atoms with Gasteiger partial charge in [0.05, 0.1) is 0 Å². The molecule has 0 fully saturated rings. The molecule has 0 saturated heterocycles. The Balaban J connectivity index is 2.10. The first kappa shape index (κ1) is 23.1. The van der Waals surface area contributed by atoms with Crippen LogP contribution in [-0.2, 0) is 8.85 Å². The Bertz CT molecular complexity index is 594. The zero-order valence-corrected chi connectivity index (χ0v) is 19.2. The second kappa shape index (κ2) is 13.2. The molecule has 0 heterocycles. The zero-order chi connectivity index (χ0) is 20.1. The van der Waals surface area contributed by atoms with Gasteiger partial charge in [0.1, 0.15) is 0 Å². The second-order valence-electron chi connectivity index (χ2n) is 7.71. The lowest BCUT2D eigenvalue weighted by Gasteiger charge is -2.32. The van der Waals surface area contributed by atoms with E-state index in [0.717, 1.165) is 25.3 Å². The second-order valence-corrected chi connectivity index (χ2v) is 11.1. The lowest BCUT2D eigenvalue weighted by atomic mass is 10.1. The summed E-state index contributed by atoms with van der Waals surface area (Å²) in [4.78, 5) is 0. The van der Waals surface area contributed by atoms with E-state index in [4.69, 9.17) is 20.5 Å². The van der Waals surface area contributed by atoms with E-state index < -0.39 is 8.56 Å². The number of halogens is 1. The topological polar surface area (TPSA) is 18.5 Å². The van der Waals surface area contributed by atoms with Crippen molar-refractivity contribution in [2.45, 2.75) is 52.4 Å². The highest BCUT2D eigenvalue weighted by atomic mass is 35.5. The van der Waals surface area contributed by atoms with Crippen molar-refractivity contribution in [1.82, 2.24) is 0 Å². The maximum atomic E-state index is 6.68. The first-order valence-corrected chi connectivity index (χ1v) is 13.0. The Hall–Kier alpha value is -1.13. The summed E-state index contributed by atoms with van der Waals surface area (Å²) < 4.78 is 13.3. The van der Waals surface area contributed by atoms with Crippen LogP contribution < -0.4 is 10.4 Å². The molecule has 0 atom stereocenters. The third-order valence-electron chi connectivity index (χ3n) is 4.76. The van der Waals surface area contributed by atoms with Crippen LogP contribution in [0.4, 0.5) is 0 Å². The van der Waals surface area contributed by atoms with Crippen molar-refractivity contribution in [3.63, 3.8) is 0 Å². The molecule has 0 radical (unpaired) electrons. The fourth-order valence-corrected chi connectivity index (χ4v) is 6.80. The molecular formula is C24H35ClO2Si. The molecule has 0 spiro atoms. The predicted molar refractivity (Wildman–Crippen MR) is 123 cm³/mol. The summed E-state index contributed by atoms with van der Waals surface area (Å²) >= 11 is 5.75. The Morgan fingerprint density at radius 1 is 0.714 bits per heavy atom. The molecule has 154 valence electrons. The third-order valence-corrected chi connectivity index (χ3v) is 8.40. The number of benzene rings is 2. The average Bonchev–Trinajstić information content (AvgIpc) is 2.73. The van der Waals surface area contributed by atoms with Crippen LogP contribution in [0.25, 0.3) is 0 Å². The lowest BCUT2D eigenvalue weighted by molar-refractivity contribution is 0.170. The molecular weight excluding hydrogens is 384 g/mol. The molecule has 0 aliphatic heterocycles. The van der Waals surface area contributed by atoms with Gasteiger partial charge in [-0.1, -0.05) is 100 Å². The van der Waals surface area contributed by atoms with E-state index in [1.54, 1.807) is 0 Å². The van der Waals surface area contributed by atoms with Crippen LogP contribution in [0.15, 0.2) is 60.7 Å². The normalized spacial score (nSPS) is 11.9. The molecule has 28 heavy (non-hydrogen) atoms. The van der Waals surface area contributed by atoms with Gasteiger partial charge in [-0.3, -0.25) is 0 Å². The minimum Gasteiger partial charge on any atom is -0.388 e. The first-order chi connectivity index (χ1) is 13.7. The Morgan fingerprint density at radius 2 is 1.21 bits per heavy atom. The molecule has 0 aliphatic rings. The molecule has 0 aromatic heterocycles. The van der Waals surface area contributed by atoms with Crippen molar-refractivity contribution in [1.29, 1.82) is 0 Å². The molecule has 2 rings (SSSR count). The summed E-state index contributed by atoms with van der Waals surface area (Å²) in [6, 6.07) is 21.1. The number of unbranched alkanes of at least 4 members (excludes halogenated alkanes) is 5. The van der Waals surface area contributed by atoms with Gasteiger partial charge in [0.25, 0.3) is 0 Å². The van der Waals surface area contributed by atoms with Gasteiger partial charge in [-0.2, -0.15) is 0 Å². The van der Waals surface area contributed by atoms with Crippen LogP contribution >= 0.6 is 11.6 Å². The maximum absolute atomic E-state index is 6.68. The smallest absolute Gasteiger partial charge is 0.388 e. The first-order valence-electron chi connectivity index (χ1n) is 10.6. The highest BCUT2D eigenvalue weighted by Gasteiger charge is 2.42. The molecule has 0 aliphatic carbocycles. The summed E-state index contributed by atoms with van der Waals surface area (Å²) in [5.41, 5.74) is 0. The molecule has 2 aromatic rings. The van der Waals surface area contributed by atoms with E-state index in [1.807, 2.05) is 0 Å². The number of hydrogen-bond donors (Lipinski definition) is 0. The highest BCUT2D eigenvalue weighted by Crippen LogP contribution is 2.14. The van der Waals surface area contributed by atoms with Crippen molar-refractivity contribution in [3.8, 4) is 0 Å². The van der Waals surface area contributed by atoms with Gasteiger partial charge in [0.2, 0.25) is 0 Å². The molecule has 0 bridgehead atoms. The molecule has 2 nitrogen and oxygen atoms in total. The van der Waals surface area contributed by atoms with E-state index >= 15 is 0 Å². The molecule has 0 amide bonds. The van der Waals surface area contributed by atoms with Gasteiger partial charge in [0, 0.05) is 19.1 Å². The summed E-state index contributed by atoms with van der Waals surface area (Å²) in [7, 11) is -2.71. The highest BCUT2D eigenvalue weighted by molar-refractivity contribution is 6.92. The fourth-order valence-electron chi connectivity index (χ4n) is 3.26. The Labute approximate surface area is 177 Å². The molecule has 0 N–H and O–H groups in total. The van der Waals surface area contributed by atoms with Gasteiger partial charge in [-0.05, 0) is 29.1 Å². The molecule has 0 saturated carbocycles. The van der Waals surface area contributed by atoms with Crippen LogP contribution in [0.1, 0.15) is 52.4 Å². The van der Waals surface area contributed by atoms with E-state index in [2.05, 4.69) is 74.5 Å². The number of rotatable bonds is 14. The van der Waals surface area contributed by atoms with E-state index in [1.165, 1.54) is 36.1 Å². The average molecular weight is 419 g/mol. The minimum atomic E-state index is -2.71. The van der Waals surface area contributed by atoms with Crippen LogP contribution in [0, 0.1) is 5.92 Å². The van der Waals surface area contributed by atoms with Gasteiger partial charge in [0.15, 0.2) is 0 Å². The van der Waals surface area contributed by atoms with E-state index in [0.29, 0.717) is 12.5 Å². The van der Waals surface area contributed by atoms with E-state index in [-0.39, 0.29) is 0 Å².